The number of carboxylic acid groups (broad SMARTS) is 1. The van der Waals surface area contributed by atoms with Crippen LogP contribution in [0.3, 0.4) is 0 Å². The molecule has 142 valence electrons. The van der Waals surface area contributed by atoms with Crippen LogP contribution in [0.15, 0.2) is 17.0 Å². The van der Waals surface area contributed by atoms with E-state index in [9.17, 15) is 18.3 Å². The monoisotopic (exact) mass is 369 g/mol. The Bertz CT molecular complexity index is 683. The second-order valence-electron chi connectivity index (χ2n) is 6.68. The van der Waals surface area contributed by atoms with E-state index in [1.54, 1.807) is 0 Å². The van der Waals surface area contributed by atoms with E-state index in [4.69, 9.17) is 5.14 Å². The molecule has 25 heavy (non-hydrogen) atoms. The molecule has 0 bridgehead atoms. The Labute approximate surface area is 151 Å². The van der Waals surface area contributed by atoms with Gasteiger partial charge in [-0.05, 0) is 48.4 Å². The van der Waals surface area contributed by atoms with Gasteiger partial charge < -0.3 is 5.11 Å². The number of nitrogens with two attached hydrogens (primary N) is 1. The first-order valence-electron chi connectivity index (χ1n) is 9.15. The molecule has 0 spiro atoms. The number of sulfonamides is 1. The summed E-state index contributed by atoms with van der Waals surface area (Å²) >= 11 is 0. The van der Waals surface area contributed by atoms with Crippen molar-refractivity contribution in [3.05, 3.63) is 28.8 Å². The molecule has 1 unspecified atom stereocenters. The second kappa shape index (κ2) is 9.92. The fraction of sp³-hybridized carbons (Fsp3) is 0.632. The molecule has 1 aromatic carbocycles. The smallest absolute Gasteiger partial charge is 0.335 e. The van der Waals surface area contributed by atoms with Crippen molar-refractivity contribution in [2.24, 2.45) is 5.14 Å². The van der Waals surface area contributed by atoms with Gasteiger partial charge in [0, 0.05) is 0 Å². The first-order chi connectivity index (χ1) is 11.7. The summed E-state index contributed by atoms with van der Waals surface area (Å²) < 4.78 is 24.0. The predicted octanol–water partition coefficient (Wildman–Crippen LogP) is 4.45. The molecule has 0 heterocycles. The molecule has 0 fully saturated rings. The molecule has 0 saturated heterocycles. The molecular weight excluding hydrogens is 338 g/mol. The Balaban J connectivity index is 3.22. The van der Waals surface area contributed by atoms with Crippen molar-refractivity contribution in [2.45, 2.75) is 83.0 Å². The second-order valence-corrected chi connectivity index (χ2v) is 8.21. The van der Waals surface area contributed by atoms with Crippen molar-refractivity contribution >= 4 is 16.0 Å². The summed E-state index contributed by atoms with van der Waals surface area (Å²) in [6.07, 6.45) is 7.82. The van der Waals surface area contributed by atoms with Gasteiger partial charge in [-0.3, -0.25) is 0 Å². The van der Waals surface area contributed by atoms with Gasteiger partial charge in [-0.2, -0.15) is 0 Å². The van der Waals surface area contributed by atoms with Crippen molar-refractivity contribution in [3.8, 4) is 0 Å². The fourth-order valence-electron chi connectivity index (χ4n) is 3.19. The molecule has 1 rings (SSSR count). The Kier molecular flexibility index (Phi) is 8.59. The molecule has 5 nitrogen and oxygen atoms in total. The van der Waals surface area contributed by atoms with Crippen LogP contribution in [0.4, 0.5) is 0 Å². The van der Waals surface area contributed by atoms with Crippen LogP contribution in [0, 0.1) is 0 Å². The number of hydrogen-bond acceptors (Lipinski definition) is 3. The maximum Gasteiger partial charge on any atom is 0.335 e. The lowest BCUT2D eigenvalue weighted by Gasteiger charge is -2.21. The third-order valence-electron chi connectivity index (χ3n) is 4.74. The van der Waals surface area contributed by atoms with Crippen LogP contribution in [0.25, 0.3) is 0 Å². The van der Waals surface area contributed by atoms with Crippen molar-refractivity contribution in [3.63, 3.8) is 0 Å². The van der Waals surface area contributed by atoms with Gasteiger partial charge in [0.15, 0.2) is 0 Å². The Morgan fingerprint density at radius 3 is 2.24 bits per heavy atom. The number of carbonyl (C=O) groups is 1. The number of carboxylic acids is 1. The summed E-state index contributed by atoms with van der Waals surface area (Å²) in [4.78, 5) is 11.7. The molecule has 0 aliphatic carbocycles. The molecule has 3 N–H and O–H groups in total. The molecule has 0 aromatic heterocycles. The summed E-state index contributed by atoms with van der Waals surface area (Å²) in [5, 5.41) is 14.9. The first kappa shape index (κ1) is 21.6. The van der Waals surface area contributed by atoms with Crippen LogP contribution < -0.4 is 5.14 Å². The number of aromatic carboxylic acids is 1. The maximum absolute atomic E-state index is 12.0. The topological polar surface area (TPSA) is 97.5 Å². The van der Waals surface area contributed by atoms with E-state index in [0.717, 1.165) is 25.7 Å². The highest BCUT2D eigenvalue weighted by Gasteiger charge is 2.25. The van der Waals surface area contributed by atoms with Gasteiger partial charge in [0.05, 0.1) is 10.5 Å². The minimum absolute atomic E-state index is 0.0628. The minimum Gasteiger partial charge on any atom is -0.478 e. The van der Waals surface area contributed by atoms with Crippen molar-refractivity contribution < 1.29 is 18.3 Å². The molecule has 0 aliphatic heterocycles. The summed E-state index contributed by atoms with van der Waals surface area (Å²) in [6.45, 7) is 6.04. The van der Waals surface area contributed by atoms with Crippen LogP contribution in [0.5, 0.6) is 0 Å². The molecule has 1 aromatic rings. The number of rotatable bonds is 11. The average Bonchev–Trinajstić information content (AvgIpc) is 2.55. The van der Waals surface area contributed by atoms with E-state index in [2.05, 4.69) is 6.92 Å². The first-order valence-corrected chi connectivity index (χ1v) is 10.7. The molecule has 0 radical (unpaired) electrons. The van der Waals surface area contributed by atoms with Gasteiger partial charge in [-0.1, -0.05) is 52.9 Å². The van der Waals surface area contributed by atoms with E-state index >= 15 is 0 Å². The number of unbranched alkanes of at least 4 members (excludes halogenated alkanes) is 5. The molecular formula is C19H31NO4S. The van der Waals surface area contributed by atoms with Crippen LogP contribution in [-0.2, 0) is 16.4 Å². The third kappa shape index (κ3) is 6.12. The normalized spacial score (nSPS) is 13.0. The van der Waals surface area contributed by atoms with E-state index < -0.39 is 16.0 Å². The summed E-state index contributed by atoms with van der Waals surface area (Å²) in [7, 11) is -3.89. The van der Waals surface area contributed by atoms with Gasteiger partial charge in [0.2, 0.25) is 10.0 Å². The van der Waals surface area contributed by atoms with E-state index in [-0.39, 0.29) is 16.4 Å². The lowest BCUT2D eigenvalue weighted by atomic mass is 9.87. The zero-order valence-corrected chi connectivity index (χ0v) is 16.4. The molecule has 0 amide bonds. The number of benzene rings is 1. The van der Waals surface area contributed by atoms with Crippen LogP contribution >= 0.6 is 0 Å². The quantitative estimate of drug-likeness (QED) is 0.563. The minimum atomic E-state index is -3.89. The number of primary sulfonamides is 1. The highest BCUT2D eigenvalue weighted by Crippen LogP contribution is 2.32. The van der Waals surface area contributed by atoms with Gasteiger partial charge in [-0.15, -0.1) is 0 Å². The van der Waals surface area contributed by atoms with Gasteiger partial charge in [0.1, 0.15) is 0 Å². The largest absolute Gasteiger partial charge is 0.478 e. The molecule has 0 aliphatic rings. The highest BCUT2D eigenvalue weighted by atomic mass is 32.2. The van der Waals surface area contributed by atoms with Gasteiger partial charge >= 0.3 is 5.97 Å². The standard InChI is InChI=1S/C19H31NO4S/c1-4-6-7-8-9-10-11-15-16(19(21)22)12-13-17(25(20,23)24)18(15)14(3)5-2/h12-14H,4-11H2,1-3H3,(H,21,22)(H2,20,23,24). The van der Waals surface area contributed by atoms with Crippen molar-refractivity contribution in [1.29, 1.82) is 0 Å². The van der Waals surface area contributed by atoms with Crippen LogP contribution in [0.1, 0.15) is 93.1 Å². The Morgan fingerprint density at radius 2 is 1.72 bits per heavy atom. The van der Waals surface area contributed by atoms with Crippen molar-refractivity contribution in [2.75, 3.05) is 0 Å². The SMILES string of the molecule is CCCCCCCCc1c(C(=O)O)ccc(S(N)(=O)=O)c1C(C)CC. The fourth-order valence-corrected chi connectivity index (χ4v) is 4.08. The highest BCUT2D eigenvalue weighted by molar-refractivity contribution is 7.89. The maximum atomic E-state index is 12.0. The van der Waals surface area contributed by atoms with E-state index in [0.29, 0.717) is 17.5 Å². The van der Waals surface area contributed by atoms with Crippen LogP contribution in [0.2, 0.25) is 0 Å². The zero-order valence-electron chi connectivity index (χ0n) is 15.5. The summed E-state index contributed by atoms with van der Waals surface area (Å²) in [5.74, 6) is -1.09. The van der Waals surface area contributed by atoms with Gasteiger partial charge in [0.25, 0.3) is 0 Å². The molecule has 1 atom stereocenters. The lowest BCUT2D eigenvalue weighted by Crippen LogP contribution is -2.19. The lowest BCUT2D eigenvalue weighted by molar-refractivity contribution is 0.0695. The molecule has 0 saturated carbocycles. The third-order valence-corrected chi connectivity index (χ3v) is 5.71. The van der Waals surface area contributed by atoms with E-state index in [1.165, 1.54) is 31.4 Å². The average molecular weight is 370 g/mol. The zero-order chi connectivity index (χ0) is 19.0. The molecule has 6 heteroatoms. The predicted molar refractivity (Wildman–Crippen MR) is 101 cm³/mol. The van der Waals surface area contributed by atoms with Gasteiger partial charge in [-0.25, -0.2) is 18.4 Å². The van der Waals surface area contributed by atoms with Crippen LogP contribution in [-0.4, -0.2) is 19.5 Å². The Hall–Kier alpha value is -1.40. The Morgan fingerprint density at radius 1 is 1.12 bits per heavy atom. The van der Waals surface area contributed by atoms with E-state index in [1.807, 2.05) is 13.8 Å². The summed E-state index contributed by atoms with van der Waals surface area (Å²) in [6, 6.07) is 2.71. The van der Waals surface area contributed by atoms with Crippen molar-refractivity contribution in [1.82, 2.24) is 0 Å². The number of hydrogen-bond donors (Lipinski definition) is 2. The summed E-state index contributed by atoms with van der Waals surface area (Å²) in [5.41, 5.74) is 1.40.